The van der Waals surface area contributed by atoms with E-state index in [-0.39, 0.29) is 24.6 Å². The van der Waals surface area contributed by atoms with E-state index in [4.69, 9.17) is 4.74 Å². The first-order valence-corrected chi connectivity index (χ1v) is 6.37. The molecule has 0 saturated carbocycles. The molecule has 5 heteroatoms. The molecule has 1 aromatic carbocycles. The van der Waals surface area contributed by atoms with Crippen molar-refractivity contribution < 1.29 is 18.7 Å². The maximum atomic E-state index is 13.1. The molecule has 0 aromatic heterocycles. The molecule has 1 aliphatic heterocycles. The number of benzene rings is 1. The molecule has 1 aliphatic rings. The number of hydrogen-bond acceptors (Lipinski definition) is 3. The van der Waals surface area contributed by atoms with Crippen molar-refractivity contribution in [2.75, 3.05) is 6.61 Å². The zero-order valence-corrected chi connectivity index (χ0v) is 11.4. The van der Waals surface area contributed by atoms with Crippen LogP contribution in [0.25, 0.3) is 0 Å². The first kappa shape index (κ1) is 13.2. The summed E-state index contributed by atoms with van der Waals surface area (Å²) < 4.78 is 18.4. The third kappa shape index (κ3) is 2.19. The molecule has 0 amide bonds. The number of hydrogen-bond donors (Lipinski definition) is 0. The van der Waals surface area contributed by atoms with Gasteiger partial charge in [-0.05, 0) is 47.0 Å². The molecule has 0 N–H and O–H groups in total. The third-order valence-electron chi connectivity index (χ3n) is 3.32. The highest BCUT2D eigenvalue weighted by atomic mass is 79.9. The molecular weight excluding hydrogens is 303 g/mol. The van der Waals surface area contributed by atoms with Gasteiger partial charge in [-0.3, -0.25) is 9.59 Å². The highest BCUT2D eigenvalue weighted by Gasteiger charge is 2.48. The highest BCUT2D eigenvalue weighted by Crippen LogP contribution is 2.35. The van der Waals surface area contributed by atoms with Gasteiger partial charge < -0.3 is 4.74 Å². The number of cyclic esters (lactones) is 1. The lowest BCUT2D eigenvalue weighted by Gasteiger charge is -2.21. The fourth-order valence-corrected chi connectivity index (χ4v) is 2.59. The molecule has 1 fully saturated rings. The lowest BCUT2D eigenvalue weighted by molar-refractivity contribution is -0.150. The summed E-state index contributed by atoms with van der Waals surface area (Å²) in [6.07, 6.45) is 0.635. The molecule has 96 valence electrons. The van der Waals surface area contributed by atoms with E-state index in [1.54, 1.807) is 12.1 Å². The van der Waals surface area contributed by atoms with Gasteiger partial charge in [-0.15, -0.1) is 0 Å². The lowest BCUT2D eigenvalue weighted by atomic mass is 9.77. The van der Waals surface area contributed by atoms with Crippen LogP contribution < -0.4 is 0 Å². The van der Waals surface area contributed by atoms with E-state index < -0.39 is 11.4 Å². The summed E-state index contributed by atoms with van der Waals surface area (Å²) in [5.74, 6) is -1.05. The van der Waals surface area contributed by atoms with E-state index in [2.05, 4.69) is 15.9 Å². The lowest BCUT2D eigenvalue weighted by Crippen LogP contribution is -2.36. The van der Waals surface area contributed by atoms with Gasteiger partial charge in [0.25, 0.3) is 0 Å². The van der Waals surface area contributed by atoms with E-state index in [1.807, 2.05) is 0 Å². The molecule has 0 aliphatic carbocycles. The Morgan fingerprint density at radius 1 is 1.56 bits per heavy atom. The van der Waals surface area contributed by atoms with Gasteiger partial charge in [0.05, 0.1) is 11.1 Å². The average Bonchev–Trinajstić information content (AvgIpc) is 2.67. The van der Waals surface area contributed by atoms with Crippen LogP contribution in [-0.2, 0) is 20.7 Å². The monoisotopic (exact) mass is 314 g/mol. The van der Waals surface area contributed by atoms with Crippen LogP contribution in [0.15, 0.2) is 22.7 Å². The molecule has 0 bridgehead atoms. The third-order valence-corrected chi connectivity index (χ3v) is 3.92. The van der Waals surface area contributed by atoms with Gasteiger partial charge in [0, 0.05) is 6.42 Å². The Kier molecular flexibility index (Phi) is 3.52. The SMILES string of the molecule is CC(=O)C1(Cc2ccc(F)c(Br)c2)CCOC1=O. The summed E-state index contributed by atoms with van der Waals surface area (Å²) >= 11 is 3.09. The second-order valence-electron chi connectivity index (χ2n) is 4.45. The van der Waals surface area contributed by atoms with Crippen molar-refractivity contribution in [3.05, 3.63) is 34.1 Å². The first-order chi connectivity index (χ1) is 8.45. The highest BCUT2D eigenvalue weighted by molar-refractivity contribution is 9.10. The Morgan fingerprint density at radius 3 is 2.78 bits per heavy atom. The molecule has 1 aromatic rings. The minimum Gasteiger partial charge on any atom is -0.465 e. The molecule has 1 heterocycles. The molecule has 1 unspecified atom stereocenters. The first-order valence-electron chi connectivity index (χ1n) is 5.58. The molecule has 18 heavy (non-hydrogen) atoms. The predicted molar refractivity (Wildman–Crippen MR) is 66.5 cm³/mol. The number of rotatable bonds is 3. The standard InChI is InChI=1S/C13H12BrFO3/c1-8(16)13(4-5-18-12(13)17)7-9-2-3-11(15)10(14)6-9/h2-3,6H,4-5,7H2,1H3. The van der Waals surface area contributed by atoms with Crippen molar-refractivity contribution in [3.8, 4) is 0 Å². The van der Waals surface area contributed by atoms with Gasteiger partial charge >= 0.3 is 5.97 Å². The zero-order chi connectivity index (χ0) is 13.3. The van der Waals surface area contributed by atoms with Crippen LogP contribution >= 0.6 is 15.9 Å². The Balaban J connectivity index is 2.32. The maximum absolute atomic E-state index is 13.1. The number of Topliss-reactive ketones (excluding diaryl/α,β-unsaturated/α-hetero) is 1. The number of esters is 1. The molecule has 0 spiro atoms. The van der Waals surface area contributed by atoms with Crippen LogP contribution in [0.1, 0.15) is 18.9 Å². The summed E-state index contributed by atoms with van der Waals surface area (Å²) in [6.45, 7) is 1.66. The normalized spacial score (nSPS) is 22.9. The van der Waals surface area contributed by atoms with Crippen LogP contribution in [-0.4, -0.2) is 18.4 Å². The zero-order valence-electron chi connectivity index (χ0n) is 9.83. The van der Waals surface area contributed by atoms with Crippen LogP contribution in [0.2, 0.25) is 0 Å². The van der Waals surface area contributed by atoms with Gasteiger partial charge in [0.2, 0.25) is 0 Å². The number of halogens is 2. The molecular formula is C13H12BrFO3. The van der Waals surface area contributed by atoms with Crippen molar-refractivity contribution in [2.24, 2.45) is 5.41 Å². The van der Waals surface area contributed by atoms with Crippen molar-refractivity contribution >= 4 is 27.7 Å². The number of ketones is 1. The fraction of sp³-hybridized carbons (Fsp3) is 0.385. The topological polar surface area (TPSA) is 43.4 Å². The van der Waals surface area contributed by atoms with Crippen molar-refractivity contribution in [1.82, 2.24) is 0 Å². The minimum atomic E-state index is -1.10. The second-order valence-corrected chi connectivity index (χ2v) is 5.30. The van der Waals surface area contributed by atoms with Gasteiger partial charge in [0.1, 0.15) is 17.0 Å². The molecule has 1 atom stereocenters. The van der Waals surface area contributed by atoms with Crippen molar-refractivity contribution in [2.45, 2.75) is 19.8 Å². The second kappa shape index (κ2) is 4.80. The van der Waals surface area contributed by atoms with Crippen LogP contribution in [0.5, 0.6) is 0 Å². The van der Waals surface area contributed by atoms with E-state index >= 15 is 0 Å². The predicted octanol–water partition coefficient (Wildman–Crippen LogP) is 2.65. The fourth-order valence-electron chi connectivity index (χ4n) is 2.16. The molecule has 1 saturated heterocycles. The van der Waals surface area contributed by atoms with Crippen LogP contribution in [0, 0.1) is 11.2 Å². The summed E-state index contributed by atoms with van der Waals surface area (Å²) in [4.78, 5) is 23.5. The number of ether oxygens (including phenoxy) is 1. The number of carbonyl (C=O) groups excluding carboxylic acids is 2. The summed E-state index contributed by atoms with van der Waals surface area (Å²) in [5.41, 5.74) is -0.366. The van der Waals surface area contributed by atoms with Crippen molar-refractivity contribution in [3.63, 3.8) is 0 Å². The molecule has 3 nitrogen and oxygen atoms in total. The quantitative estimate of drug-likeness (QED) is 0.636. The Labute approximate surface area is 112 Å². The molecule has 2 rings (SSSR count). The van der Waals surface area contributed by atoms with E-state index in [0.29, 0.717) is 10.9 Å². The maximum Gasteiger partial charge on any atom is 0.320 e. The van der Waals surface area contributed by atoms with Gasteiger partial charge in [-0.25, -0.2) is 4.39 Å². The van der Waals surface area contributed by atoms with Crippen molar-refractivity contribution in [1.29, 1.82) is 0 Å². The summed E-state index contributed by atoms with van der Waals surface area (Å²) in [7, 11) is 0. The van der Waals surface area contributed by atoms with Gasteiger partial charge in [0.15, 0.2) is 0 Å². The van der Waals surface area contributed by atoms with E-state index in [0.717, 1.165) is 5.56 Å². The van der Waals surface area contributed by atoms with Gasteiger partial charge in [-0.2, -0.15) is 0 Å². The van der Waals surface area contributed by atoms with Crippen LogP contribution in [0.3, 0.4) is 0 Å². The van der Waals surface area contributed by atoms with Crippen LogP contribution in [0.4, 0.5) is 4.39 Å². The Morgan fingerprint density at radius 2 is 2.28 bits per heavy atom. The summed E-state index contributed by atoms with van der Waals surface area (Å²) in [5, 5.41) is 0. The summed E-state index contributed by atoms with van der Waals surface area (Å²) in [6, 6.07) is 4.48. The average molecular weight is 315 g/mol. The Bertz CT molecular complexity index is 515. The van der Waals surface area contributed by atoms with E-state index in [1.165, 1.54) is 13.0 Å². The smallest absolute Gasteiger partial charge is 0.320 e. The largest absolute Gasteiger partial charge is 0.465 e. The molecule has 0 radical (unpaired) electrons. The Hall–Kier alpha value is -1.23. The number of carbonyl (C=O) groups is 2. The van der Waals surface area contributed by atoms with Gasteiger partial charge in [-0.1, -0.05) is 6.07 Å². The minimum absolute atomic E-state index is 0.203. The van der Waals surface area contributed by atoms with E-state index in [9.17, 15) is 14.0 Å².